The zero-order valence-electron chi connectivity index (χ0n) is 10.6. The highest BCUT2D eigenvalue weighted by Crippen LogP contribution is 2.15. The fourth-order valence-electron chi connectivity index (χ4n) is 2.38. The van der Waals surface area contributed by atoms with E-state index in [4.69, 9.17) is 4.74 Å². The van der Waals surface area contributed by atoms with Gasteiger partial charge in [-0.15, -0.1) is 0 Å². The molecule has 3 nitrogen and oxygen atoms in total. The van der Waals surface area contributed by atoms with Gasteiger partial charge in [-0.1, -0.05) is 18.2 Å². The molecular formula is C14H22N2O. The largest absolute Gasteiger partial charge is 0.492 e. The molecule has 1 aliphatic heterocycles. The van der Waals surface area contributed by atoms with Gasteiger partial charge in [0.25, 0.3) is 0 Å². The Hall–Kier alpha value is -1.06. The van der Waals surface area contributed by atoms with Gasteiger partial charge in [0, 0.05) is 13.1 Å². The fourth-order valence-corrected chi connectivity index (χ4v) is 2.38. The molecule has 1 aromatic rings. The van der Waals surface area contributed by atoms with E-state index in [0.29, 0.717) is 0 Å². The highest BCUT2D eigenvalue weighted by molar-refractivity contribution is 5.20. The van der Waals surface area contributed by atoms with Crippen molar-refractivity contribution < 1.29 is 4.74 Å². The lowest BCUT2D eigenvalue weighted by molar-refractivity contribution is 0.232. The summed E-state index contributed by atoms with van der Waals surface area (Å²) in [6, 6.07) is 10.0. The van der Waals surface area contributed by atoms with Gasteiger partial charge in [0.15, 0.2) is 0 Å². The normalized spacial score (nSPS) is 20.6. The van der Waals surface area contributed by atoms with Gasteiger partial charge >= 0.3 is 0 Å². The molecule has 3 heteroatoms. The van der Waals surface area contributed by atoms with E-state index in [1.165, 1.54) is 19.5 Å². The summed E-state index contributed by atoms with van der Waals surface area (Å²) in [5, 5.41) is 3.25. The molecule has 1 aromatic carbocycles. The van der Waals surface area contributed by atoms with Crippen LogP contribution in [0.2, 0.25) is 0 Å². The molecule has 0 aromatic heterocycles. The maximum absolute atomic E-state index is 5.71. The third kappa shape index (κ3) is 4.02. The Morgan fingerprint density at radius 1 is 1.35 bits per heavy atom. The van der Waals surface area contributed by atoms with Gasteiger partial charge in [0.1, 0.15) is 12.4 Å². The molecule has 0 bridgehead atoms. The van der Waals surface area contributed by atoms with Gasteiger partial charge in [-0.2, -0.15) is 0 Å². The number of para-hydroxylation sites is 1. The zero-order valence-corrected chi connectivity index (χ0v) is 10.6. The van der Waals surface area contributed by atoms with Crippen molar-refractivity contribution in [3.63, 3.8) is 0 Å². The van der Waals surface area contributed by atoms with Crippen LogP contribution in [-0.2, 0) is 0 Å². The third-order valence-corrected chi connectivity index (χ3v) is 3.28. The van der Waals surface area contributed by atoms with Crippen LogP contribution in [-0.4, -0.2) is 44.7 Å². The maximum Gasteiger partial charge on any atom is 0.119 e. The first-order valence-electron chi connectivity index (χ1n) is 6.43. The van der Waals surface area contributed by atoms with Crippen LogP contribution in [0, 0.1) is 5.92 Å². The van der Waals surface area contributed by atoms with Gasteiger partial charge in [-0.3, -0.25) is 4.90 Å². The summed E-state index contributed by atoms with van der Waals surface area (Å²) < 4.78 is 5.71. The Balaban J connectivity index is 1.63. The summed E-state index contributed by atoms with van der Waals surface area (Å²) in [6.45, 7) is 5.38. The number of nitrogens with zero attached hydrogens (tertiary/aromatic N) is 1. The SMILES string of the molecule is CNCC1CCN(CCOc2ccccc2)C1. The van der Waals surface area contributed by atoms with Crippen LogP contribution in [0.3, 0.4) is 0 Å². The molecular weight excluding hydrogens is 212 g/mol. The molecule has 17 heavy (non-hydrogen) atoms. The Bertz CT molecular complexity index is 315. The molecule has 1 saturated heterocycles. The summed E-state index contributed by atoms with van der Waals surface area (Å²) >= 11 is 0. The first kappa shape index (κ1) is 12.4. The number of ether oxygens (including phenoxy) is 1. The van der Waals surface area contributed by atoms with E-state index >= 15 is 0 Å². The molecule has 94 valence electrons. The molecule has 0 saturated carbocycles. The van der Waals surface area contributed by atoms with E-state index in [-0.39, 0.29) is 0 Å². The van der Waals surface area contributed by atoms with E-state index in [0.717, 1.165) is 31.4 Å². The van der Waals surface area contributed by atoms with Crippen molar-refractivity contribution in [3.05, 3.63) is 30.3 Å². The molecule has 1 aliphatic rings. The molecule has 1 heterocycles. The van der Waals surface area contributed by atoms with Gasteiger partial charge in [-0.05, 0) is 44.6 Å². The Morgan fingerprint density at radius 3 is 2.94 bits per heavy atom. The second kappa shape index (κ2) is 6.62. The number of rotatable bonds is 6. The van der Waals surface area contributed by atoms with Crippen molar-refractivity contribution in [2.24, 2.45) is 5.92 Å². The van der Waals surface area contributed by atoms with E-state index in [9.17, 15) is 0 Å². The molecule has 1 atom stereocenters. The van der Waals surface area contributed by atoms with Crippen LogP contribution in [0.4, 0.5) is 0 Å². The first-order valence-corrected chi connectivity index (χ1v) is 6.43. The van der Waals surface area contributed by atoms with Crippen molar-refractivity contribution in [1.82, 2.24) is 10.2 Å². The minimum absolute atomic E-state index is 0.788. The topological polar surface area (TPSA) is 24.5 Å². The number of hydrogen-bond acceptors (Lipinski definition) is 3. The van der Waals surface area contributed by atoms with E-state index in [1.807, 2.05) is 37.4 Å². The first-order chi connectivity index (χ1) is 8.38. The van der Waals surface area contributed by atoms with Gasteiger partial charge in [-0.25, -0.2) is 0 Å². The van der Waals surface area contributed by atoms with Crippen LogP contribution in [0.1, 0.15) is 6.42 Å². The Morgan fingerprint density at radius 2 is 2.18 bits per heavy atom. The summed E-state index contributed by atoms with van der Waals surface area (Å²) in [6.07, 6.45) is 1.31. The van der Waals surface area contributed by atoms with Crippen LogP contribution in [0.5, 0.6) is 5.75 Å². The molecule has 0 amide bonds. The van der Waals surface area contributed by atoms with E-state index < -0.39 is 0 Å². The molecule has 1 unspecified atom stereocenters. The van der Waals surface area contributed by atoms with Gasteiger partial charge < -0.3 is 10.1 Å². The summed E-state index contributed by atoms with van der Waals surface area (Å²) in [5.74, 6) is 1.79. The van der Waals surface area contributed by atoms with E-state index in [2.05, 4.69) is 10.2 Å². The van der Waals surface area contributed by atoms with Crippen molar-refractivity contribution in [3.8, 4) is 5.75 Å². The average Bonchev–Trinajstić information content (AvgIpc) is 2.79. The monoisotopic (exact) mass is 234 g/mol. The predicted octanol–water partition coefficient (Wildman–Crippen LogP) is 1.61. The van der Waals surface area contributed by atoms with Crippen LogP contribution < -0.4 is 10.1 Å². The number of nitrogens with one attached hydrogen (secondary N) is 1. The Kier molecular flexibility index (Phi) is 4.83. The predicted molar refractivity (Wildman–Crippen MR) is 70.4 cm³/mol. The second-order valence-electron chi connectivity index (χ2n) is 4.67. The number of benzene rings is 1. The van der Waals surface area contributed by atoms with Gasteiger partial charge in [0.05, 0.1) is 0 Å². The quantitative estimate of drug-likeness (QED) is 0.809. The summed E-state index contributed by atoms with van der Waals surface area (Å²) in [5.41, 5.74) is 0. The fraction of sp³-hybridized carbons (Fsp3) is 0.571. The lowest BCUT2D eigenvalue weighted by atomic mass is 10.1. The number of likely N-dealkylation sites (tertiary alicyclic amines) is 1. The van der Waals surface area contributed by atoms with Crippen molar-refractivity contribution in [1.29, 1.82) is 0 Å². The maximum atomic E-state index is 5.71. The molecule has 0 spiro atoms. The average molecular weight is 234 g/mol. The van der Waals surface area contributed by atoms with Crippen molar-refractivity contribution >= 4 is 0 Å². The van der Waals surface area contributed by atoms with Crippen molar-refractivity contribution in [2.45, 2.75) is 6.42 Å². The third-order valence-electron chi connectivity index (χ3n) is 3.28. The second-order valence-corrected chi connectivity index (χ2v) is 4.67. The molecule has 1 fully saturated rings. The van der Waals surface area contributed by atoms with Crippen LogP contribution >= 0.6 is 0 Å². The summed E-state index contributed by atoms with van der Waals surface area (Å²) in [4.78, 5) is 2.49. The lowest BCUT2D eigenvalue weighted by Gasteiger charge is -2.16. The summed E-state index contributed by atoms with van der Waals surface area (Å²) in [7, 11) is 2.03. The standard InChI is InChI=1S/C14H22N2O/c1-15-11-13-7-8-16(12-13)9-10-17-14-5-3-2-4-6-14/h2-6,13,15H,7-12H2,1H3. The number of hydrogen-bond donors (Lipinski definition) is 1. The lowest BCUT2D eigenvalue weighted by Crippen LogP contribution is -2.28. The highest BCUT2D eigenvalue weighted by Gasteiger charge is 2.21. The van der Waals surface area contributed by atoms with Crippen molar-refractivity contribution in [2.75, 3.05) is 39.8 Å². The minimum Gasteiger partial charge on any atom is -0.492 e. The molecule has 1 N–H and O–H groups in total. The minimum atomic E-state index is 0.788. The van der Waals surface area contributed by atoms with Gasteiger partial charge in [0.2, 0.25) is 0 Å². The Labute approximate surface area is 104 Å². The molecule has 0 radical (unpaired) electrons. The molecule has 0 aliphatic carbocycles. The smallest absolute Gasteiger partial charge is 0.119 e. The van der Waals surface area contributed by atoms with E-state index in [1.54, 1.807) is 0 Å². The molecule has 2 rings (SSSR count). The zero-order chi connectivity index (χ0) is 11.9. The highest BCUT2D eigenvalue weighted by atomic mass is 16.5. The van der Waals surface area contributed by atoms with Crippen LogP contribution in [0.25, 0.3) is 0 Å². The van der Waals surface area contributed by atoms with Crippen LogP contribution in [0.15, 0.2) is 30.3 Å².